The van der Waals surface area contributed by atoms with Crippen molar-refractivity contribution in [3.8, 4) is 5.75 Å². The highest BCUT2D eigenvalue weighted by Gasteiger charge is 2.22. The Bertz CT molecular complexity index is 437. The summed E-state index contributed by atoms with van der Waals surface area (Å²) in [5.41, 5.74) is 1.28. The Morgan fingerprint density at radius 2 is 2.05 bits per heavy atom. The summed E-state index contributed by atoms with van der Waals surface area (Å²) in [5.74, 6) is 0.965. The Kier molecular flexibility index (Phi) is 5.12. The molecule has 116 valence electrons. The van der Waals surface area contributed by atoms with Gasteiger partial charge in [0, 0.05) is 6.54 Å². The average Bonchev–Trinajstić information content (AvgIpc) is 2.54. The maximum atomic E-state index is 9.59. The molecule has 2 fully saturated rings. The van der Waals surface area contributed by atoms with Crippen molar-refractivity contribution in [1.82, 2.24) is 4.90 Å². The summed E-state index contributed by atoms with van der Waals surface area (Å²) >= 11 is 0. The highest BCUT2D eigenvalue weighted by Crippen LogP contribution is 2.29. The van der Waals surface area contributed by atoms with Crippen LogP contribution in [0.4, 0.5) is 0 Å². The molecule has 0 spiro atoms. The van der Waals surface area contributed by atoms with Gasteiger partial charge in [-0.1, -0.05) is 12.1 Å². The number of piperidine rings is 1. The van der Waals surface area contributed by atoms with E-state index < -0.39 is 0 Å². The number of nitrogens with zero attached hydrogens (tertiary/aromatic N) is 1. The van der Waals surface area contributed by atoms with Crippen molar-refractivity contribution in [3.05, 3.63) is 29.8 Å². The van der Waals surface area contributed by atoms with E-state index in [1.54, 1.807) is 6.07 Å². The van der Waals surface area contributed by atoms with Crippen LogP contribution in [0.15, 0.2) is 24.3 Å². The lowest BCUT2D eigenvalue weighted by atomic mass is 9.89. The number of aromatic hydroxyl groups is 1. The Balaban J connectivity index is 1.42. The maximum absolute atomic E-state index is 9.59. The predicted octanol–water partition coefficient (Wildman–Crippen LogP) is 2.38. The molecule has 21 heavy (non-hydrogen) atoms. The van der Waals surface area contributed by atoms with Crippen LogP contribution >= 0.6 is 0 Å². The zero-order valence-corrected chi connectivity index (χ0v) is 12.5. The Morgan fingerprint density at radius 3 is 2.76 bits per heavy atom. The molecule has 0 amide bonds. The van der Waals surface area contributed by atoms with Gasteiger partial charge in [0.25, 0.3) is 0 Å². The molecule has 1 N–H and O–H groups in total. The van der Waals surface area contributed by atoms with Crippen LogP contribution in [-0.4, -0.2) is 55.6 Å². The smallest absolute Gasteiger partial charge is 0.115 e. The number of hydrogen-bond donors (Lipinski definition) is 1. The van der Waals surface area contributed by atoms with Gasteiger partial charge in [0.05, 0.1) is 25.9 Å². The Hall–Kier alpha value is -1.10. The fourth-order valence-corrected chi connectivity index (χ4v) is 3.30. The fraction of sp³-hybridized carbons (Fsp3) is 0.647. The first-order valence-corrected chi connectivity index (χ1v) is 8.02. The van der Waals surface area contributed by atoms with Crippen molar-refractivity contribution in [2.24, 2.45) is 0 Å². The molecule has 3 rings (SSSR count). The summed E-state index contributed by atoms with van der Waals surface area (Å²) in [6, 6.07) is 7.73. The highest BCUT2D eigenvalue weighted by molar-refractivity contribution is 5.30. The molecule has 2 heterocycles. The van der Waals surface area contributed by atoms with E-state index in [2.05, 4.69) is 11.0 Å². The van der Waals surface area contributed by atoms with E-state index >= 15 is 0 Å². The van der Waals surface area contributed by atoms with E-state index in [9.17, 15) is 5.11 Å². The van der Waals surface area contributed by atoms with Gasteiger partial charge in [-0.3, -0.25) is 0 Å². The molecule has 1 atom stereocenters. The third-order valence-electron chi connectivity index (χ3n) is 4.58. The minimum Gasteiger partial charge on any atom is -0.508 e. The van der Waals surface area contributed by atoms with Crippen molar-refractivity contribution in [2.45, 2.75) is 31.3 Å². The molecule has 2 saturated heterocycles. The van der Waals surface area contributed by atoms with Gasteiger partial charge >= 0.3 is 0 Å². The van der Waals surface area contributed by atoms with Gasteiger partial charge in [0.1, 0.15) is 5.75 Å². The number of phenolic OH excluding ortho intramolecular Hbond substituents is 1. The number of benzene rings is 1. The van der Waals surface area contributed by atoms with Gasteiger partial charge in [-0.2, -0.15) is 0 Å². The molecule has 2 aliphatic heterocycles. The third-order valence-corrected chi connectivity index (χ3v) is 4.58. The number of likely N-dealkylation sites (tertiary alicyclic amines) is 1. The molecule has 0 aromatic heterocycles. The van der Waals surface area contributed by atoms with Crippen LogP contribution in [0.1, 0.15) is 30.7 Å². The molecule has 0 aliphatic carbocycles. The van der Waals surface area contributed by atoms with Crippen LogP contribution in [0.3, 0.4) is 0 Å². The minimum absolute atomic E-state index is 0.280. The van der Waals surface area contributed by atoms with E-state index in [-0.39, 0.29) is 6.10 Å². The van der Waals surface area contributed by atoms with E-state index in [1.165, 1.54) is 18.4 Å². The molecule has 4 nitrogen and oxygen atoms in total. The molecule has 1 unspecified atom stereocenters. The molecule has 2 aliphatic rings. The largest absolute Gasteiger partial charge is 0.508 e. The second-order valence-electron chi connectivity index (χ2n) is 6.07. The van der Waals surface area contributed by atoms with Crippen molar-refractivity contribution >= 4 is 0 Å². The van der Waals surface area contributed by atoms with Crippen LogP contribution in [0.5, 0.6) is 5.75 Å². The zero-order valence-electron chi connectivity index (χ0n) is 12.5. The van der Waals surface area contributed by atoms with E-state index in [0.717, 1.165) is 45.9 Å². The summed E-state index contributed by atoms with van der Waals surface area (Å²) in [6.45, 7) is 5.60. The topological polar surface area (TPSA) is 41.9 Å². The first kappa shape index (κ1) is 14.8. The van der Waals surface area contributed by atoms with Gasteiger partial charge in [-0.15, -0.1) is 0 Å². The molecule has 0 saturated carbocycles. The molecule has 1 aromatic rings. The Morgan fingerprint density at radius 1 is 1.19 bits per heavy atom. The number of rotatable bonds is 4. The average molecular weight is 291 g/mol. The lowest BCUT2D eigenvalue weighted by Crippen LogP contribution is -2.37. The fourth-order valence-electron chi connectivity index (χ4n) is 3.30. The molecule has 1 aromatic carbocycles. The van der Waals surface area contributed by atoms with Gasteiger partial charge < -0.3 is 19.5 Å². The SMILES string of the molecule is Oc1cccc(C2CCN(CCC3COCCO3)CC2)c1. The van der Waals surface area contributed by atoms with Crippen molar-refractivity contribution in [2.75, 3.05) is 39.5 Å². The van der Waals surface area contributed by atoms with Crippen LogP contribution in [0.25, 0.3) is 0 Å². The lowest BCUT2D eigenvalue weighted by molar-refractivity contribution is -0.0930. The van der Waals surface area contributed by atoms with E-state index in [0.29, 0.717) is 11.7 Å². The standard InChI is InChI=1S/C17H25NO3/c19-16-3-1-2-15(12-16)14-4-7-18(8-5-14)9-6-17-13-20-10-11-21-17/h1-3,12,14,17,19H,4-11,13H2. The summed E-state index contributed by atoms with van der Waals surface area (Å²) in [7, 11) is 0. The minimum atomic E-state index is 0.280. The first-order valence-electron chi connectivity index (χ1n) is 8.02. The van der Waals surface area contributed by atoms with Gasteiger partial charge in [-0.05, 0) is 56.0 Å². The second-order valence-corrected chi connectivity index (χ2v) is 6.07. The predicted molar refractivity (Wildman–Crippen MR) is 81.7 cm³/mol. The summed E-state index contributed by atoms with van der Waals surface area (Å²) in [5, 5.41) is 9.59. The summed E-state index contributed by atoms with van der Waals surface area (Å²) in [4.78, 5) is 2.53. The third kappa shape index (κ3) is 4.19. The van der Waals surface area contributed by atoms with Crippen LogP contribution < -0.4 is 0 Å². The van der Waals surface area contributed by atoms with Crippen molar-refractivity contribution in [3.63, 3.8) is 0 Å². The Labute approximate surface area is 126 Å². The zero-order chi connectivity index (χ0) is 14.5. The van der Waals surface area contributed by atoms with Crippen molar-refractivity contribution in [1.29, 1.82) is 0 Å². The summed E-state index contributed by atoms with van der Waals surface area (Å²) < 4.78 is 11.1. The maximum Gasteiger partial charge on any atom is 0.115 e. The van der Waals surface area contributed by atoms with Crippen LogP contribution in [0, 0.1) is 0 Å². The van der Waals surface area contributed by atoms with Crippen molar-refractivity contribution < 1.29 is 14.6 Å². The molecular weight excluding hydrogens is 266 g/mol. The lowest BCUT2D eigenvalue weighted by Gasteiger charge is -2.33. The molecular formula is C17H25NO3. The molecule has 0 bridgehead atoms. The van der Waals surface area contributed by atoms with Crippen LogP contribution in [-0.2, 0) is 9.47 Å². The number of ether oxygens (including phenoxy) is 2. The number of phenols is 1. The quantitative estimate of drug-likeness (QED) is 0.925. The normalized spacial score (nSPS) is 25.0. The second kappa shape index (κ2) is 7.25. The van der Waals surface area contributed by atoms with Gasteiger partial charge in [0.15, 0.2) is 0 Å². The first-order chi connectivity index (χ1) is 10.3. The van der Waals surface area contributed by atoms with Crippen LogP contribution in [0.2, 0.25) is 0 Å². The number of hydrogen-bond acceptors (Lipinski definition) is 4. The van der Waals surface area contributed by atoms with E-state index in [4.69, 9.17) is 9.47 Å². The summed E-state index contributed by atoms with van der Waals surface area (Å²) in [6.07, 6.45) is 3.69. The van der Waals surface area contributed by atoms with E-state index in [1.807, 2.05) is 12.1 Å². The highest BCUT2D eigenvalue weighted by atomic mass is 16.6. The monoisotopic (exact) mass is 291 g/mol. The molecule has 4 heteroatoms. The van der Waals surface area contributed by atoms with Gasteiger partial charge in [-0.25, -0.2) is 0 Å². The molecule has 0 radical (unpaired) electrons. The van der Waals surface area contributed by atoms with Gasteiger partial charge in [0.2, 0.25) is 0 Å².